The fraction of sp³-hybridized carbons (Fsp3) is 0.625. The predicted molar refractivity (Wildman–Crippen MR) is 77.5 cm³/mol. The molecule has 3 heteroatoms. The number of methoxy groups -OCH3 is 1. The Kier molecular flexibility index (Phi) is 5.37. The number of rotatable bonds is 5. The van der Waals surface area contributed by atoms with Gasteiger partial charge in [0.1, 0.15) is 0 Å². The summed E-state index contributed by atoms with van der Waals surface area (Å²) in [5.74, 6) is 0.496. The van der Waals surface area contributed by atoms with E-state index in [1.807, 2.05) is 7.11 Å². The molecule has 2 rings (SSSR count). The van der Waals surface area contributed by atoms with Crippen molar-refractivity contribution in [2.75, 3.05) is 33.9 Å². The number of likely N-dealkylation sites (N-methyl/N-ethyl adjacent to an activating group) is 1. The Morgan fingerprint density at radius 3 is 3.00 bits per heavy atom. The molecular weight excluding hydrogens is 238 g/mol. The highest BCUT2D eigenvalue weighted by Crippen LogP contribution is 2.30. The van der Waals surface area contributed by atoms with Crippen LogP contribution in [0.4, 0.5) is 0 Å². The quantitative estimate of drug-likeness (QED) is 0.882. The number of aliphatic hydroxyl groups excluding tert-OH is 1. The number of ether oxygens (including phenoxy) is 1. The summed E-state index contributed by atoms with van der Waals surface area (Å²) in [4.78, 5) is 2.33. The van der Waals surface area contributed by atoms with Crippen LogP contribution in [-0.2, 0) is 11.2 Å². The zero-order valence-electron chi connectivity index (χ0n) is 12.0. The van der Waals surface area contributed by atoms with Gasteiger partial charge in [-0.05, 0) is 44.0 Å². The zero-order chi connectivity index (χ0) is 13.7. The van der Waals surface area contributed by atoms with Crippen LogP contribution in [0.5, 0.6) is 0 Å². The molecule has 3 nitrogen and oxygen atoms in total. The number of aryl methyl sites for hydroxylation is 1. The third kappa shape index (κ3) is 3.78. The van der Waals surface area contributed by atoms with E-state index in [1.54, 1.807) is 0 Å². The standard InChI is InChI=1S/C16H25NO2/c1-17-9-8-15(16(12-17)19-2)14-7-3-5-13(11-14)6-4-10-18/h3,5,7,11,15-16,18H,4,6,8-10,12H2,1-2H3/t15-,16+/m1/s1. The fourth-order valence-corrected chi connectivity index (χ4v) is 2.95. The van der Waals surface area contributed by atoms with Crippen molar-refractivity contribution in [3.8, 4) is 0 Å². The average molecular weight is 263 g/mol. The molecule has 1 aromatic rings. The molecule has 1 fully saturated rings. The second-order valence-corrected chi connectivity index (χ2v) is 5.50. The maximum absolute atomic E-state index is 8.93. The molecule has 2 atom stereocenters. The number of nitrogens with zero attached hydrogens (tertiary/aromatic N) is 1. The number of hydrogen-bond acceptors (Lipinski definition) is 3. The van der Waals surface area contributed by atoms with E-state index in [1.165, 1.54) is 11.1 Å². The maximum atomic E-state index is 8.93. The van der Waals surface area contributed by atoms with E-state index in [-0.39, 0.29) is 12.7 Å². The van der Waals surface area contributed by atoms with Gasteiger partial charge in [-0.1, -0.05) is 24.3 Å². The van der Waals surface area contributed by atoms with Crippen molar-refractivity contribution in [3.63, 3.8) is 0 Å². The first-order valence-corrected chi connectivity index (χ1v) is 7.15. The Hall–Kier alpha value is -0.900. The molecule has 0 saturated carbocycles. The Balaban J connectivity index is 2.11. The number of likely N-dealkylation sites (tertiary alicyclic amines) is 1. The predicted octanol–water partition coefficient (Wildman–Crippen LogP) is 2.05. The van der Waals surface area contributed by atoms with E-state index < -0.39 is 0 Å². The molecule has 19 heavy (non-hydrogen) atoms. The molecule has 0 spiro atoms. The van der Waals surface area contributed by atoms with Crippen LogP contribution in [0.25, 0.3) is 0 Å². The van der Waals surface area contributed by atoms with Crippen LogP contribution in [0.2, 0.25) is 0 Å². The van der Waals surface area contributed by atoms with Crippen molar-refractivity contribution in [2.24, 2.45) is 0 Å². The minimum absolute atomic E-state index is 0.263. The fourth-order valence-electron chi connectivity index (χ4n) is 2.95. The van der Waals surface area contributed by atoms with Crippen LogP contribution in [0.3, 0.4) is 0 Å². The van der Waals surface area contributed by atoms with Gasteiger partial charge in [0.05, 0.1) is 6.10 Å². The summed E-state index contributed by atoms with van der Waals surface area (Å²) in [7, 11) is 3.96. The summed E-state index contributed by atoms with van der Waals surface area (Å²) >= 11 is 0. The van der Waals surface area contributed by atoms with Crippen molar-refractivity contribution >= 4 is 0 Å². The molecule has 0 unspecified atom stereocenters. The van der Waals surface area contributed by atoms with E-state index in [2.05, 4.69) is 36.2 Å². The maximum Gasteiger partial charge on any atom is 0.0766 e. The Labute approximate surface area is 116 Å². The lowest BCUT2D eigenvalue weighted by molar-refractivity contribution is 0.0233. The molecule has 106 valence electrons. The van der Waals surface area contributed by atoms with E-state index in [0.717, 1.165) is 32.4 Å². The molecule has 1 N–H and O–H groups in total. The molecule has 0 radical (unpaired) electrons. The summed E-state index contributed by atoms with van der Waals surface area (Å²) in [5.41, 5.74) is 2.70. The monoisotopic (exact) mass is 263 g/mol. The van der Waals surface area contributed by atoms with Crippen molar-refractivity contribution in [1.82, 2.24) is 4.90 Å². The lowest BCUT2D eigenvalue weighted by atomic mass is 9.86. The van der Waals surface area contributed by atoms with E-state index >= 15 is 0 Å². The summed E-state index contributed by atoms with van der Waals surface area (Å²) < 4.78 is 5.67. The number of hydrogen-bond donors (Lipinski definition) is 1. The number of aliphatic hydroxyl groups is 1. The average Bonchev–Trinajstić information content (AvgIpc) is 2.45. The van der Waals surface area contributed by atoms with Gasteiger partial charge < -0.3 is 14.7 Å². The smallest absolute Gasteiger partial charge is 0.0766 e. The van der Waals surface area contributed by atoms with Crippen LogP contribution in [0.15, 0.2) is 24.3 Å². The lowest BCUT2D eigenvalue weighted by Gasteiger charge is -2.36. The zero-order valence-corrected chi connectivity index (χ0v) is 12.0. The first-order chi connectivity index (χ1) is 9.24. The highest BCUT2D eigenvalue weighted by molar-refractivity contribution is 5.28. The molecule has 1 aliphatic rings. The first kappa shape index (κ1) is 14.5. The van der Waals surface area contributed by atoms with Gasteiger partial charge in [0.2, 0.25) is 0 Å². The van der Waals surface area contributed by atoms with Gasteiger partial charge >= 0.3 is 0 Å². The van der Waals surface area contributed by atoms with Crippen molar-refractivity contribution in [2.45, 2.75) is 31.3 Å². The molecular formula is C16H25NO2. The van der Waals surface area contributed by atoms with Crippen molar-refractivity contribution < 1.29 is 9.84 Å². The third-order valence-corrected chi connectivity index (χ3v) is 4.07. The highest BCUT2D eigenvalue weighted by atomic mass is 16.5. The van der Waals surface area contributed by atoms with E-state index in [9.17, 15) is 0 Å². The van der Waals surface area contributed by atoms with Crippen LogP contribution >= 0.6 is 0 Å². The highest BCUT2D eigenvalue weighted by Gasteiger charge is 2.28. The van der Waals surface area contributed by atoms with Gasteiger partial charge in [-0.3, -0.25) is 0 Å². The Morgan fingerprint density at radius 1 is 1.42 bits per heavy atom. The molecule has 1 aliphatic heterocycles. The lowest BCUT2D eigenvalue weighted by Crippen LogP contribution is -2.41. The molecule has 0 aromatic heterocycles. The van der Waals surface area contributed by atoms with Gasteiger partial charge in [-0.25, -0.2) is 0 Å². The topological polar surface area (TPSA) is 32.7 Å². The van der Waals surface area contributed by atoms with Gasteiger partial charge in [0.15, 0.2) is 0 Å². The minimum Gasteiger partial charge on any atom is -0.396 e. The molecule has 1 heterocycles. The van der Waals surface area contributed by atoms with Crippen LogP contribution in [-0.4, -0.2) is 50.0 Å². The van der Waals surface area contributed by atoms with Crippen LogP contribution in [0.1, 0.15) is 29.9 Å². The molecule has 0 aliphatic carbocycles. The molecule has 0 amide bonds. The van der Waals surface area contributed by atoms with Crippen LogP contribution < -0.4 is 0 Å². The molecule has 0 bridgehead atoms. The third-order valence-electron chi connectivity index (χ3n) is 4.07. The van der Waals surface area contributed by atoms with E-state index in [4.69, 9.17) is 9.84 Å². The normalized spacial score (nSPS) is 24.6. The van der Waals surface area contributed by atoms with Crippen molar-refractivity contribution in [3.05, 3.63) is 35.4 Å². The first-order valence-electron chi connectivity index (χ1n) is 7.15. The number of piperidine rings is 1. The Bertz CT molecular complexity index is 394. The largest absolute Gasteiger partial charge is 0.396 e. The summed E-state index contributed by atoms with van der Waals surface area (Å²) in [6.07, 6.45) is 3.23. The second-order valence-electron chi connectivity index (χ2n) is 5.50. The van der Waals surface area contributed by atoms with E-state index in [0.29, 0.717) is 5.92 Å². The Morgan fingerprint density at radius 2 is 2.26 bits per heavy atom. The van der Waals surface area contributed by atoms with Gasteiger partial charge in [-0.15, -0.1) is 0 Å². The van der Waals surface area contributed by atoms with Gasteiger partial charge in [0.25, 0.3) is 0 Å². The minimum atomic E-state index is 0.263. The summed E-state index contributed by atoms with van der Waals surface area (Å²) in [6, 6.07) is 8.78. The summed E-state index contributed by atoms with van der Waals surface area (Å²) in [6.45, 7) is 2.40. The molecule has 1 aromatic carbocycles. The summed E-state index contributed by atoms with van der Waals surface area (Å²) in [5, 5.41) is 8.93. The molecule has 1 saturated heterocycles. The SMILES string of the molecule is CO[C@H]1CN(C)CC[C@@H]1c1cccc(CCCO)c1. The van der Waals surface area contributed by atoms with Gasteiger partial charge in [-0.2, -0.15) is 0 Å². The number of benzene rings is 1. The second kappa shape index (κ2) is 7.04. The van der Waals surface area contributed by atoms with Crippen molar-refractivity contribution in [1.29, 1.82) is 0 Å². The van der Waals surface area contributed by atoms with Crippen LogP contribution in [0, 0.1) is 0 Å². The van der Waals surface area contributed by atoms with Gasteiger partial charge in [0, 0.05) is 26.2 Å².